The van der Waals surface area contributed by atoms with Crippen LogP contribution in [0, 0.1) is 0 Å². The van der Waals surface area contributed by atoms with Crippen molar-refractivity contribution in [3.63, 3.8) is 0 Å². The van der Waals surface area contributed by atoms with E-state index >= 15 is 0 Å². The number of carbonyl (C=O) groups is 2. The number of aliphatic carboxylic acids is 2. The van der Waals surface area contributed by atoms with Gasteiger partial charge in [0.05, 0.1) is 19.7 Å². The molecule has 0 spiro atoms. The Morgan fingerprint density at radius 2 is 1.43 bits per heavy atom. The smallest absolute Gasteiger partial charge is 0.317 e. The molecule has 0 bridgehead atoms. The minimum Gasteiger partial charge on any atom is -0.480 e. The maximum absolute atomic E-state index is 10.1. The zero-order chi connectivity index (χ0) is 9.56. The molecule has 0 rings (SSSR count). The normalized spacial score (nSPS) is 8.71. The predicted molar refractivity (Wildman–Crippen MR) is 50.3 cm³/mol. The maximum Gasteiger partial charge on any atom is 0.317 e. The van der Waals surface area contributed by atoms with E-state index in [4.69, 9.17) is 15.3 Å². The van der Waals surface area contributed by atoms with Crippen LogP contribution in [0.15, 0.2) is 0 Å². The summed E-state index contributed by atoms with van der Waals surface area (Å²) in [5.74, 6) is -2.21. The first-order valence-corrected chi connectivity index (χ1v) is 3.33. The fourth-order valence-electron chi connectivity index (χ4n) is 0.738. The van der Waals surface area contributed by atoms with Gasteiger partial charge in [-0.05, 0) is 0 Å². The number of aliphatic hydroxyl groups is 1. The summed E-state index contributed by atoms with van der Waals surface area (Å²) in [6.07, 6.45) is 0. The van der Waals surface area contributed by atoms with Gasteiger partial charge in [0, 0.05) is 67.3 Å². The van der Waals surface area contributed by atoms with Crippen LogP contribution in [0.1, 0.15) is 0 Å². The van der Waals surface area contributed by atoms with E-state index in [2.05, 4.69) is 0 Å². The van der Waals surface area contributed by atoms with Crippen molar-refractivity contribution in [3.8, 4) is 0 Å². The van der Waals surface area contributed by atoms with Crippen LogP contribution in [-0.4, -0.2) is 119 Å². The van der Waals surface area contributed by atoms with Gasteiger partial charge in [-0.25, -0.2) is 0 Å². The van der Waals surface area contributed by atoms with Gasteiger partial charge in [-0.1, -0.05) is 0 Å². The summed E-state index contributed by atoms with van der Waals surface area (Å²) in [7, 11) is 0. The van der Waals surface area contributed by atoms with E-state index in [1.54, 1.807) is 0 Å². The standard InChI is InChI=1S/C6H11NO5.Ca.Mg/c8-2-1-7(3-5(9)10)4-6(11)12;;/h8H,1-4H2,(H,9,10)(H,11,12);;. The summed E-state index contributed by atoms with van der Waals surface area (Å²) in [6.45, 7) is -0.932. The number of rotatable bonds is 6. The van der Waals surface area contributed by atoms with Gasteiger partial charge in [-0.3, -0.25) is 14.5 Å². The van der Waals surface area contributed by atoms with Crippen molar-refractivity contribution < 1.29 is 24.9 Å². The van der Waals surface area contributed by atoms with E-state index in [1.165, 1.54) is 0 Å². The fraction of sp³-hybridized carbons (Fsp3) is 0.667. The van der Waals surface area contributed by atoms with Crippen LogP contribution in [0.3, 0.4) is 0 Å². The fourth-order valence-corrected chi connectivity index (χ4v) is 0.738. The van der Waals surface area contributed by atoms with Crippen molar-refractivity contribution in [3.05, 3.63) is 0 Å². The molecule has 0 unspecified atom stereocenters. The van der Waals surface area contributed by atoms with Crippen molar-refractivity contribution in [2.75, 3.05) is 26.2 Å². The van der Waals surface area contributed by atoms with Crippen molar-refractivity contribution in [1.29, 1.82) is 0 Å². The molecule has 0 aliphatic carbocycles. The monoisotopic (exact) mass is 241 g/mol. The molecule has 0 fully saturated rings. The average molecular weight is 242 g/mol. The van der Waals surface area contributed by atoms with Crippen molar-refractivity contribution in [1.82, 2.24) is 4.90 Å². The third-order valence-electron chi connectivity index (χ3n) is 1.13. The number of nitrogens with zero attached hydrogens (tertiary/aromatic N) is 1. The van der Waals surface area contributed by atoms with E-state index in [0.29, 0.717) is 0 Å². The van der Waals surface area contributed by atoms with E-state index < -0.39 is 11.9 Å². The molecular formula is C6H11CaMgNO5. The molecule has 14 heavy (non-hydrogen) atoms. The van der Waals surface area contributed by atoms with Crippen LogP contribution in [0.25, 0.3) is 0 Å². The van der Waals surface area contributed by atoms with Gasteiger partial charge in [-0.15, -0.1) is 0 Å². The van der Waals surface area contributed by atoms with Gasteiger partial charge in [0.25, 0.3) is 0 Å². The first-order valence-electron chi connectivity index (χ1n) is 3.33. The molecule has 74 valence electrons. The minimum atomic E-state index is -1.11. The Bertz CT molecular complexity index is 164. The van der Waals surface area contributed by atoms with Crippen LogP contribution in [0.4, 0.5) is 0 Å². The average Bonchev–Trinajstić information content (AvgIpc) is 1.84. The van der Waals surface area contributed by atoms with Crippen LogP contribution < -0.4 is 0 Å². The molecule has 0 saturated carbocycles. The number of hydrogen-bond donors (Lipinski definition) is 3. The predicted octanol–water partition coefficient (Wildman–Crippen LogP) is -2.31. The Kier molecular flexibility index (Phi) is 17.4. The first kappa shape index (κ1) is 20.3. The van der Waals surface area contributed by atoms with E-state index in [-0.39, 0.29) is 87.0 Å². The molecule has 0 aliphatic heterocycles. The molecular weight excluding hydrogens is 230 g/mol. The summed E-state index contributed by atoms with van der Waals surface area (Å²) in [4.78, 5) is 21.4. The molecule has 0 saturated heterocycles. The maximum atomic E-state index is 10.1. The van der Waals surface area contributed by atoms with Crippen LogP contribution >= 0.6 is 0 Å². The molecule has 0 aromatic rings. The number of carboxylic acid groups (broad SMARTS) is 2. The SMILES string of the molecule is O=C(O)CN(CCO)CC(=O)O.[Ca].[Mg]. The van der Waals surface area contributed by atoms with Gasteiger partial charge in [0.15, 0.2) is 0 Å². The summed E-state index contributed by atoms with van der Waals surface area (Å²) < 4.78 is 0. The van der Waals surface area contributed by atoms with E-state index in [1.807, 2.05) is 0 Å². The van der Waals surface area contributed by atoms with Crippen molar-refractivity contribution in [2.24, 2.45) is 0 Å². The molecule has 0 heterocycles. The molecule has 6 nitrogen and oxygen atoms in total. The summed E-state index contributed by atoms with van der Waals surface area (Å²) >= 11 is 0. The summed E-state index contributed by atoms with van der Waals surface area (Å²) in [5.41, 5.74) is 0. The minimum absolute atomic E-state index is 0. The third-order valence-corrected chi connectivity index (χ3v) is 1.13. The Morgan fingerprint density at radius 1 is 1.07 bits per heavy atom. The number of aliphatic hydroxyl groups excluding tert-OH is 1. The molecule has 4 radical (unpaired) electrons. The zero-order valence-electron chi connectivity index (χ0n) is 7.85. The molecule has 0 aromatic carbocycles. The third kappa shape index (κ3) is 12.9. The van der Waals surface area contributed by atoms with E-state index in [9.17, 15) is 9.59 Å². The summed E-state index contributed by atoms with van der Waals surface area (Å²) in [6, 6.07) is 0. The number of hydrogen-bond acceptors (Lipinski definition) is 4. The van der Waals surface area contributed by atoms with Gasteiger partial charge in [-0.2, -0.15) is 0 Å². The van der Waals surface area contributed by atoms with Gasteiger partial charge in [0.1, 0.15) is 0 Å². The topological polar surface area (TPSA) is 98.1 Å². The Hall–Kier alpha value is 0.886. The molecule has 0 aliphatic rings. The molecule has 8 heteroatoms. The quantitative estimate of drug-likeness (QED) is 0.452. The van der Waals surface area contributed by atoms with Crippen LogP contribution in [0.5, 0.6) is 0 Å². The Labute approximate surface area is 127 Å². The molecule has 0 aromatic heterocycles. The second-order valence-corrected chi connectivity index (χ2v) is 2.22. The van der Waals surface area contributed by atoms with Gasteiger partial charge >= 0.3 is 11.9 Å². The van der Waals surface area contributed by atoms with Gasteiger partial charge < -0.3 is 15.3 Å². The second kappa shape index (κ2) is 12.0. The molecule has 3 N–H and O–H groups in total. The van der Waals surface area contributed by atoms with Crippen molar-refractivity contribution >= 4 is 72.7 Å². The van der Waals surface area contributed by atoms with Crippen LogP contribution in [-0.2, 0) is 9.59 Å². The molecule has 0 atom stereocenters. The van der Waals surface area contributed by atoms with E-state index in [0.717, 1.165) is 4.90 Å². The second-order valence-electron chi connectivity index (χ2n) is 2.22. The van der Waals surface area contributed by atoms with Crippen LogP contribution in [0.2, 0.25) is 0 Å². The van der Waals surface area contributed by atoms with Crippen molar-refractivity contribution in [2.45, 2.75) is 0 Å². The zero-order valence-corrected chi connectivity index (χ0v) is 11.5. The first-order chi connectivity index (χ1) is 5.56. The Morgan fingerprint density at radius 3 is 1.64 bits per heavy atom. The summed E-state index contributed by atoms with van der Waals surface area (Å²) in [5, 5.41) is 25.0. The number of carboxylic acids is 2. The molecule has 0 amide bonds. The largest absolute Gasteiger partial charge is 0.480 e. The Balaban J connectivity index is -0.000000605. The van der Waals surface area contributed by atoms with Gasteiger partial charge in [0.2, 0.25) is 0 Å².